The maximum atomic E-state index is 11.6. The molecule has 0 spiro atoms. The molecule has 4 heteroatoms. The molecule has 0 unspecified atom stereocenters. The summed E-state index contributed by atoms with van der Waals surface area (Å²) in [4.78, 5) is 22.5. The Bertz CT molecular complexity index is 386. The van der Waals surface area contributed by atoms with E-state index in [0.29, 0.717) is 0 Å². The van der Waals surface area contributed by atoms with Crippen LogP contribution in [0.2, 0.25) is 0 Å². The van der Waals surface area contributed by atoms with Gasteiger partial charge in [-0.25, -0.2) is 4.79 Å². The van der Waals surface area contributed by atoms with Crippen LogP contribution in [-0.2, 0) is 19.1 Å². The molecule has 0 radical (unpaired) electrons. The molecule has 1 aromatic rings. The summed E-state index contributed by atoms with van der Waals surface area (Å²) in [6, 6.07) is 9.38. The van der Waals surface area contributed by atoms with E-state index in [9.17, 15) is 9.59 Å². The number of methoxy groups -OCH3 is 1. The third kappa shape index (κ3) is 3.59. The molecule has 0 aromatic heterocycles. The summed E-state index contributed by atoms with van der Waals surface area (Å²) < 4.78 is 9.65. The van der Waals surface area contributed by atoms with Gasteiger partial charge in [-0.3, -0.25) is 4.79 Å². The van der Waals surface area contributed by atoms with Crippen molar-refractivity contribution in [3.05, 3.63) is 35.9 Å². The molecular weight excluding hydrogens is 220 g/mol. The zero-order chi connectivity index (χ0) is 12.8. The molecule has 17 heavy (non-hydrogen) atoms. The van der Waals surface area contributed by atoms with Gasteiger partial charge in [-0.2, -0.15) is 0 Å². The van der Waals surface area contributed by atoms with Crippen LogP contribution in [0.4, 0.5) is 0 Å². The molecule has 0 saturated heterocycles. The lowest BCUT2D eigenvalue weighted by Crippen LogP contribution is -2.32. The van der Waals surface area contributed by atoms with Crippen LogP contribution in [0.1, 0.15) is 25.3 Å². The van der Waals surface area contributed by atoms with Gasteiger partial charge in [-0.1, -0.05) is 37.3 Å². The Kier molecular flexibility index (Phi) is 4.69. The summed E-state index contributed by atoms with van der Waals surface area (Å²) >= 11 is 0. The van der Waals surface area contributed by atoms with Gasteiger partial charge >= 0.3 is 11.9 Å². The number of carbonyl (C=O) groups is 2. The van der Waals surface area contributed by atoms with Gasteiger partial charge in [0.2, 0.25) is 6.10 Å². The molecule has 0 fully saturated rings. The summed E-state index contributed by atoms with van der Waals surface area (Å²) in [7, 11) is 1.27. The molecule has 0 aliphatic carbocycles. The van der Waals surface area contributed by atoms with E-state index in [4.69, 9.17) is 4.74 Å². The van der Waals surface area contributed by atoms with E-state index < -0.39 is 18.0 Å². The Hall–Kier alpha value is -1.84. The maximum Gasteiger partial charge on any atom is 0.347 e. The predicted molar refractivity (Wildman–Crippen MR) is 62.4 cm³/mol. The summed E-state index contributed by atoms with van der Waals surface area (Å²) in [5, 5.41) is 0. The molecule has 0 aliphatic rings. The van der Waals surface area contributed by atoms with Crippen LogP contribution in [0.15, 0.2) is 30.3 Å². The topological polar surface area (TPSA) is 52.6 Å². The fourth-order valence-corrected chi connectivity index (χ4v) is 1.58. The van der Waals surface area contributed by atoms with Gasteiger partial charge in [-0.05, 0) is 5.56 Å². The van der Waals surface area contributed by atoms with Crippen LogP contribution >= 0.6 is 0 Å². The molecule has 0 amide bonds. The lowest BCUT2D eigenvalue weighted by Gasteiger charge is -2.21. The molecule has 0 bridgehead atoms. The van der Waals surface area contributed by atoms with E-state index in [2.05, 4.69) is 4.74 Å². The molecule has 92 valence electrons. The van der Waals surface area contributed by atoms with Crippen LogP contribution < -0.4 is 0 Å². The lowest BCUT2D eigenvalue weighted by molar-refractivity contribution is -0.166. The van der Waals surface area contributed by atoms with Crippen LogP contribution in [0, 0.1) is 0 Å². The first kappa shape index (κ1) is 13.2. The standard InChI is InChI=1S/C13H16O4/c1-9(11-7-5-4-6-8-11)12(13(15)16-3)17-10(2)14/h4-9,12H,1-3H3/t9-,12+/m1/s1. The molecule has 0 heterocycles. The van der Waals surface area contributed by atoms with Gasteiger partial charge < -0.3 is 9.47 Å². The molecule has 1 aromatic carbocycles. The van der Waals surface area contributed by atoms with Gasteiger partial charge in [0.25, 0.3) is 0 Å². The van der Waals surface area contributed by atoms with Crippen molar-refractivity contribution in [2.24, 2.45) is 0 Å². The number of benzene rings is 1. The van der Waals surface area contributed by atoms with Gasteiger partial charge in [0.05, 0.1) is 7.11 Å². The van der Waals surface area contributed by atoms with E-state index >= 15 is 0 Å². The third-order valence-corrected chi connectivity index (χ3v) is 2.51. The van der Waals surface area contributed by atoms with Gasteiger partial charge in [0.15, 0.2) is 0 Å². The van der Waals surface area contributed by atoms with Crippen LogP contribution in [0.5, 0.6) is 0 Å². The van der Waals surface area contributed by atoms with Crippen LogP contribution in [0.25, 0.3) is 0 Å². The highest BCUT2D eigenvalue weighted by molar-refractivity contribution is 5.79. The van der Waals surface area contributed by atoms with E-state index in [1.54, 1.807) is 0 Å². The predicted octanol–water partition coefficient (Wildman–Crippen LogP) is 1.89. The fraction of sp³-hybridized carbons (Fsp3) is 0.385. The first-order valence-corrected chi connectivity index (χ1v) is 5.36. The van der Waals surface area contributed by atoms with Gasteiger partial charge in [-0.15, -0.1) is 0 Å². The van der Waals surface area contributed by atoms with E-state index in [-0.39, 0.29) is 5.92 Å². The van der Waals surface area contributed by atoms with E-state index in [0.717, 1.165) is 5.56 Å². The van der Waals surface area contributed by atoms with Crippen molar-refractivity contribution in [3.63, 3.8) is 0 Å². The molecule has 4 nitrogen and oxygen atoms in total. The minimum Gasteiger partial charge on any atom is -0.466 e. The number of hydrogen-bond acceptors (Lipinski definition) is 4. The van der Waals surface area contributed by atoms with Crippen molar-refractivity contribution in [1.29, 1.82) is 0 Å². The van der Waals surface area contributed by atoms with Gasteiger partial charge in [0.1, 0.15) is 0 Å². The lowest BCUT2D eigenvalue weighted by atomic mass is 9.95. The van der Waals surface area contributed by atoms with Crippen molar-refractivity contribution in [3.8, 4) is 0 Å². The summed E-state index contributed by atoms with van der Waals surface area (Å²) in [5.41, 5.74) is 0.921. The second kappa shape index (κ2) is 6.03. The van der Waals surface area contributed by atoms with Crippen molar-refractivity contribution in [2.45, 2.75) is 25.9 Å². The Labute approximate surface area is 101 Å². The van der Waals surface area contributed by atoms with Gasteiger partial charge in [0, 0.05) is 12.8 Å². The van der Waals surface area contributed by atoms with Crippen molar-refractivity contribution >= 4 is 11.9 Å². The minimum atomic E-state index is -0.903. The normalized spacial score (nSPS) is 13.6. The van der Waals surface area contributed by atoms with E-state index in [1.165, 1.54) is 14.0 Å². The first-order valence-electron chi connectivity index (χ1n) is 5.36. The van der Waals surface area contributed by atoms with Crippen molar-refractivity contribution in [1.82, 2.24) is 0 Å². The monoisotopic (exact) mass is 236 g/mol. The summed E-state index contributed by atoms with van der Waals surface area (Å²) in [5.74, 6) is -1.28. The fourth-order valence-electron chi connectivity index (χ4n) is 1.58. The molecule has 0 saturated carbocycles. The largest absolute Gasteiger partial charge is 0.466 e. The first-order chi connectivity index (χ1) is 8.06. The quantitative estimate of drug-likeness (QED) is 0.749. The average molecular weight is 236 g/mol. The van der Waals surface area contributed by atoms with E-state index in [1.807, 2.05) is 37.3 Å². The summed E-state index contributed by atoms with van der Waals surface area (Å²) in [6.45, 7) is 3.09. The third-order valence-electron chi connectivity index (χ3n) is 2.51. The highest BCUT2D eigenvalue weighted by Crippen LogP contribution is 2.22. The van der Waals surface area contributed by atoms with Crippen LogP contribution in [0.3, 0.4) is 0 Å². The molecule has 0 aliphatic heterocycles. The maximum absolute atomic E-state index is 11.6. The SMILES string of the molecule is COC(=O)[C@@H](OC(C)=O)[C@H](C)c1ccccc1. The zero-order valence-electron chi connectivity index (χ0n) is 10.2. The molecule has 1 rings (SSSR count). The highest BCUT2D eigenvalue weighted by Gasteiger charge is 2.29. The smallest absolute Gasteiger partial charge is 0.347 e. The zero-order valence-corrected chi connectivity index (χ0v) is 10.2. The molecular formula is C13H16O4. The second-order valence-corrected chi connectivity index (χ2v) is 3.75. The Morgan fingerprint density at radius 3 is 2.24 bits per heavy atom. The molecule has 2 atom stereocenters. The Balaban J connectivity index is 2.90. The minimum absolute atomic E-state index is 0.243. The molecule has 0 N–H and O–H groups in total. The number of hydrogen-bond donors (Lipinski definition) is 0. The van der Waals surface area contributed by atoms with Crippen molar-refractivity contribution < 1.29 is 19.1 Å². The summed E-state index contributed by atoms with van der Waals surface area (Å²) in [6.07, 6.45) is -0.903. The highest BCUT2D eigenvalue weighted by atomic mass is 16.6. The number of rotatable bonds is 4. The number of esters is 2. The Morgan fingerprint density at radius 1 is 1.18 bits per heavy atom. The average Bonchev–Trinajstić information content (AvgIpc) is 2.35. The van der Waals surface area contributed by atoms with Crippen molar-refractivity contribution in [2.75, 3.05) is 7.11 Å². The number of ether oxygens (including phenoxy) is 2. The number of carbonyl (C=O) groups excluding carboxylic acids is 2. The second-order valence-electron chi connectivity index (χ2n) is 3.75. The van der Waals surface area contributed by atoms with Crippen LogP contribution in [-0.4, -0.2) is 25.2 Å². The Morgan fingerprint density at radius 2 is 1.76 bits per heavy atom.